The molecule has 0 aliphatic carbocycles. The number of thioether (sulfide) groups is 1. The zero-order chi connectivity index (χ0) is 12.4. The molecule has 0 spiro atoms. The number of rotatable bonds is 7. The minimum atomic E-state index is -0.401. The maximum absolute atomic E-state index is 11.3. The van der Waals surface area contributed by atoms with Crippen LogP contribution in [0.15, 0.2) is 0 Å². The topological polar surface area (TPSA) is 38.3 Å². The van der Waals surface area contributed by atoms with Crippen molar-refractivity contribution in [1.29, 1.82) is 0 Å². The van der Waals surface area contributed by atoms with Gasteiger partial charge in [0, 0.05) is 6.54 Å². The van der Waals surface area contributed by atoms with Gasteiger partial charge in [0.15, 0.2) is 0 Å². The maximum Gasteiger partial charge on any atom is 0.407 e. The molecule has 0 aromatic carbocycles. The number of nitrogens with one attached hydrogen (secondary N) is 1. The van der Waals surface area contributed by atoms with Crippen LogP contribution in [0.1, 0.15) is 47.0 Å². The van der Waals surface area contributed by atoms with Crippen LogP contribution in [0.5, 0.6) is 0 Å². The van der Waals surface area contributed by atoms with E-state index >= 15 is 0 Å². The first kappa shape index (κ1) is 15.6. The third-order valence-corrected chi connectivity index (χ3v) is 2.82. The van der Waals surface area contributed by atoms with E-state index in [9.17, 15) is 4.79 Å². The minimum Gasteiger partial charge on any atom is -0.444 e. The monoisotopic (exact) mass is 247 g/mol. The molecule has 0 fully saturated rings. The fourth-order valence-electron chi connectivity index (χ4n) is 1.15. The third-order valence-electron chi connectivity index (χ3n) is 1.84. The van der Waals surface area contributed by atoms with E-state index < -0.39 is 5.60 Å². The Kier molecular flexibility index (Phi) is 8.53. The van der Waals surface area contributed by atoms with Crippen LogP contribution in [0.25, 0.3) is 0 Å². The van der Waals surface area contributed by atoms with E-state index in [-0.39, 0.29) is 6.09 Å². The lowest BCUT2D eigenvalue weighted by atomic mass is 10.2. The molecule has 0 saturated heterocycles. The normalized spacial score (nSPS) is 11.2. The Labute approximate surface area is 104 Å². The summed E-state index contributed by atoms with van der Waals surface area (Å²) in [6.45, 7) is 8.50. The smallest absolute Gasteiger partial charge is 0.407 e. The van der Waals surface area contributed by atoms with Crippen LogP contribution in [0.4, 0.5) is 4.79 Å². The largest absolute Gasteiger partial charge is 0.444 e. The average molecular weight is 247 g/mol. The first-order valence-corrected chi connectivity index (χ1v) is 7.16. The summed E-state index contributed by atoms with van der Waals surface area (Å²) in [5.74, 6) is 2.42. The Hall–Kier alpha value is -0.380. The molecule has 0 unspecified atom stereocenters. The predicted octanol–water partition coefficient (Wildman–Crippen LogP) is 3.43. The van der Waals surface area contributed by atoms with Crippen molar-refractivity contribution in [3.8, 4) is 0 Å². The first-order chi connectivity index (χ1) is 7.45. The fourth-order valence-corrected chi connectivity index (χ4v) is 1.85. The van der Waals surface area contributed by atoms with E-state index in [4.69, 9.17) is 4.74 Å². The van der Waals surface area contributed by atoms with Crippen LogP contribution in [-0.2, 0) is 4.74 Å². The molecule has 0 heterocycles. The van der Waals surface area contributed by atoms with Crippen molar-refractivity contribution >= 4 is 17.9 Å². The summed E-state index contributed by atoms with van der Waals surface area (Å²) in [7, 11) is 0. The lowest BCUT2D eigenvalue weighted by molar-refractivity contribution is 0.0527. The Bertz CT molecular complexity index is 190. The summed E-state index contributed by atoms with van der Waals surface area (Å²) in [6, 6.07) is 0. The van der Waals surface area contributed by atoms with Crippen molar-refractivity contribution in [3.63, 3.8) is 0 Å². The number of alkyl carbamates (subject to hydrolysis) is 1. The summed E-state index contributed by atoms with van der Waals surface area (Å²) in [5.41, 5.74) is -0.401. The van der Waals surface area contributed by atoms with Gasteiger partial charge in [0.05, 0.1) is 0 Å². The number of ether oxygens (including phenoxy) is 1. The van der Waals surface area contributed by atoms with Crippen molar-refractivity contribution in [1.82, 2.24) is 5.32 Å². The molecule has 0 aromatic heterocycles. The number of hydrogen-bond acceptors (Lipinski definition) is 3. The van der Waals surface area contributed by atoms with Gasteiger partial charge in [-0.1, -0.05) is 13.3 Å². The molecule has 0 aliphatic heterocycles. The predicted molar refractivity (Wildman–Crippen MR) is 71.1 cm³/mol. The molecule has 1 amide bonds. The standard InChI is InChI=1S/C12H25NO2S/c1-5-16-10-8-6-7-9-13-11(14)15-12(2,3)4/h5-10H2,1-4H3,(H,13,14). The van der Waals surface area contributed by atoms with Crippen molar-refractivity contribution in [2.45, 2.75) is 52.6 Å². The zero-order valence-corrected chi connectivity index (χ0v) is 11.8. The van der Waals surface area contributed by atoms with Crippen molar-refractivity contribution < 1.29 is 9.53 Å². The summed E-state index contributed by atoms with van der Waals surface area (Å²) < 4.78 is 5.13. The van der Waals surface area contributed by atoms with Crippen LogP contribution in [-0.4, -0.2) is 29.7 Å². The molecule has 0 atom stereocenters. The molecule has 3 nitrogen and oxygen atoms in total. The molecule has 0 bridgehead atoms. The van der Waals surface area contributed by atoms with Gasteiger partial charge in [-0.15, -0.1) is 0 Å². The van der Waals surface area contributed by atoms with Gasteiger partial charge in [-0.05, 0) is 45.1 Å². The SMILES string of the molecule is CCSCCCCCNC(=O)OC(C)(C)C. The van der Waals surface area contributed by atoms with Gasteiger partial charge < -0.3 is 10.1 Å². The molecular formula is C12H25NO2S. The maximum atomic E-state index is 11.3. The number of hydrogen-bond donors (Lipinski definition) is 1. The molecular weight excluding hydrogens is 222 g/mol. The number of carbonyl (C=O) groups is 1. The molecule has 16 heavy (non-hydrogen) atoms. The molecule has 1 N–H and O–H groups in total. The highest BCUT2D eigenvalue weighted by Crippen LogP contribution is 2.07. The summed E-state index contributed by atoms with van der Waals surface area (Å²) in [5, 5.41) is 2.76. The summed E-state index contributed by atoms with van der Waals surface area (Å²) in [6.07, 6.45) is 3.12. The Morgan fingerprint density at radius 2 is 1.94 bits per heavy atom. The second-order valence-corrected chi connectivity index (χ2v) is 6.08. The molecule has 0 saturated carbocycles. The van der Waals surface area contributed by atoms with E-state index in [1.165, 1.54) is 24.3 Å². The van der Waals surface area contributed by atoms with Crippen LogP contribution in [0, 0.1) is 0 Å². The quantitative estimate of drug-likeness (QED) is 0.700. The molecule has 4 heteroatoms. The van der Waals surface area contributed by atoms with Crippen LogP contribution >= 0.6 is 11.8 Å². The third kappa shape index (κ3) is 11.7. The van der Waals surface area contributed by atoms with E-state index in [0.717, 1.165) is 6.42 Å². The number of amides is 1. The van der Waals surface area contributed by atoms with Crippen molar-refractivity contribution in [2.75, 3.05) is 18.1 Å². The Balaban J connectivity index is 3.28. The van der Waals surface area contributed by atoms with Crippen molar-refractivity contribution in [3.05, 3.63) is 0 Å². The second-order valence-electron chi connectivity index (χ2n) is 4.69. The first-order valence-electron chi connectivity index (χ1n) is 6.00. The van der Waals surface area contributed by atoms with E-state index in [2.05, 4.69) is 12.2 Å². The van der Waals surface area contributed by atoms with Gasteiger partial charge in [-0.25, -0.2) is 4.79 Å². The van der Waals surface area contributed by atoms with Crippen LogP contribution in [0.2, 0.25) is 0 Å². The van der Waals surface area contributed by atoms with Gasteiger partial charge in [0.1, 0.15) is 5.60 Å². The van der Waals surface area contributed by atoms with Gasteiger partial charge in [-0.2, -0.15) is 11.8 Å². The molecule has 0 aliphatic rings. The molecule has 0 rings (SSSR count). The minimum absolute atomic E-state index is 0.310. The lowest BCUT2D eigenvalue weighted by Crippen LogP contribution is -2.32. The Morgan fingerprint density at radius 3 is 2.50 bits per heavy atom. The van der Waals surface area contributed by atoms with Crippen molar-refractivity contribution in [2.24, 2.45) is 0 Å². The number of carbonyl (C=O) groups excluding carboxylic acids is 1. The number of unbranched alkanes of at least 4 members (excludes halogenated alkanes) is 2. The van der Waals surface area contributed by atoms with Crippen LogP contribution < -0.4 is 5.32 Å². The average Bonchev–Trinajstić information content (AvgIpc) is 2.13. The fraction of sp³-hybridized carbons (Fsp3) is 0.917. The second kappa shape index (κ2) is 8.74. The summed E-state index contributed by atoms with van der Waals surface area (Å²) >= 11 is 1.97. The zero-order valence-electron chi connectivity index (χ0n) is 11.0. The molecule has 0 aromatic rings. The van der Waals surface area contributed by atoms with Gasteiger partial charge in [-0.3, -0.25) is 0 Å². The highest BCUT2D eigenvalue weighted by Gasteiger charge is 2.15. The molecule has 96 valence electrons. The highest BCUT2D eigenvalue weighted by atomic mass is 32.2. The lowest BCUT2D eigenvalue weighted by Gasteiger charge is -2.19. The van der Waals surface area contributed by atoms with Gasteiger partial charge in [0.2, 0.25) is 0 Å². The van der Waals surface area contributed by atoms with Crippen LogP contribution in [0.3, 0.4) is 0 Å². The van der Waals surface area contributed by atoms with Gasteiger partial charge >= 0.3 is 6.09 Å². The van der Waals surface area contributed by atoms with E-state index in [1.54, 1.807) is 0 Å². The van der Waals surface area contributed by atoms with E-state index in [1.807, 2.05) is 32.5 Å². The van der Waals surface area contributed by atoms with E-state index in [0.29, 0.717) is 6.54 Å². The molecule has 0 radical (unpaired) electrons. The Morgan fingerprint density at radius 1 is 1.25 bits per heavy atom. The summed E-state index contributed by atoms with van der Waals surface area (Å²) in [4.78, 5) is 11.3. The van der Waals surface area contributed by atoms with Gasteiger partial charge in [0.25, 0.3) is 0 Å². The highest BCUT2D eigenvalue weighted by molar-refractivity contribution is 7.99.